The summed E-state index contributed by atoms with van der Waals surface area (Å²) >= 11 is 0. The van der Waals surface area contributed by atoms with Crippen LogP contribution in [0, 0.1) is 5.41 Å². The number of hydrogen-bond donors (Lipinski definition) is 0. The van der Waals surface area contributed by atoms with Gasteiger partial charge in [-0.1, -0.05) is 20.8 Å². The summed E-state index contributed by atoms with van der Waals surface area (Å²) in [5.41, 5.74) is 0.146. The van der Waals surface area contributed by atoms with E-state index in [-0.39, 0.29) is 11.2 Å². The molecule has 0 radical (unpaired) electrons. The Hall–Kier alpha value is -0.0800. The first-order chi connectivity index (χ1) is 4.02. The number of hydrogen-bond acceptors (Lipinski definition) is 2. The van der Waals surface area contributed by atoms with E-state index >= 15 is 0 Å². The van der Waals surface area contributed by atoms with Gasteiger partial charge in [0, 0.05) is 5.41 Å². The lowest BCUT2D eigenvalue weighted by Gasteiger charge is -2.22. The van der Waals surface area contributed by atoms with Gasteiger partial charge in [0.05, 0.1) is 0 Å². The molecule has 2 nitrogen and oxygen atoms in total. The molecule has 0 amide bonds. The SMILES string of the molecule is CCC(C)(C)C1(C)OO1. The van der Waals surface area contributed by atoms with Crippen molar-refractivity contribution in [2.45, 2.75) is 39.9 Å². The molecule has 0 aromatic carbocycles. The van der Waals surface area contributed by atoms with Crippen molar-refractivity contribution in [3.05, 3.63) is 0 Å². The summed E-state index contributed by atoms with van der Waals surface area (Å²) < 4.78 is 0. The Morgan fingerprint density at radius 1 is 1.33 bits per heavy atom. The van der Waals surface area contributed by atoms with Crippen LogP contribution < -0.4 is 0 Å². The maximum absolute atomic E-state index is 4.85. The zero-order chi connectivity index (χ0) is 7.12. The minimum atomic E-state index is -0.304. The van der Waals surface area contributed by atoms with Crippen LogP contribution in [-0.2, 0) is 9.78 Å². The average molecular weight is 130 g/mol. The molecule has 1 aliphatic heterocycles. The van der Waals surface area contributed by atoms with Crippen molar-refractivity contribution < 1.29 is 9.78 Å². The molecule has 2 heteroatoms. The van der Waals surface area contributed by atoms with E-state index in [2.05, 4.69) is 20.8 Å². The lowest BCUT2D eigenvalue weighted by molar-refractivity contribution is 0.0850. The van der Waals surface area contributed by atoms with Crippen LogP contribution in [0.3, 0.4) is 0 Å². The fourth-order valence-electron chi connectivity index (χ4n) is 0.609. The zero-order valence-electron chi connectivity index (χ0n) is 6.52. The second kappa shape index (κ2) is 1.70. The molecule has 1 aliphatic rings. The third-order valence-electron chi connectivity index (χ3n) is 2.45. The quantitative estimate of drug-likeness (QED) is 0.422. The molecular weight excluding hydrogens is 116 g/mol. The summed E-state index contributed by atoms with van der Waals surface area (Å²) in [6.45, 7) is 8.38. The molecule has 0 spiro atoms. The van der Waals surface area contributed by atoms with Gasteiger partial charge in [-0.2, -0.15) is 9.78 Å². The van der Waals surface area contributed by atoms with E-state index in [9.17, 15) is 0 Å². The fraction of sp³-hybridized carbons (Fsp3) is 1.00. The highest BCUT2D eigenvalue weighted by Gasteiger charge is 2.55. The van der Waals surface area contributed by atoms with Crippen molar-refractivity contribution in [2.75, 3.05) is 0 Å². The van der Waals surface area contributed by atoms with Gasteiger partial charge >= 0.3 is 0 Å². The van der Waals surface area contributed by atoms with Gasteiger partial charge in [0.1, 0.15) is 0 Å². The van der Waals surface area contributed by atoms with Crippen molar-refractivity contribution in [1.29, 1.82) is 0 Å². The van der Waals surface area contributed by atoms with Gasteiger partial charge in [0.2, 0.25) is 5.79 Å². The van der Waals surface area contributed by atoms with Gasteiger partial charge in [-0.25, -0.2) is 0 Å². The monoisotopic (exact) mass is 130 g/mol. The van der Waals surface area contributed by atoms with Gasteiger partial charge in [0.15, 0.2) is 0 Å². The van der Waals surface area contributed by atoms with E-state index in [1.807, 2.05) is 6.92 Å². The summed E-state index contributed by atoms with van der Waals surface area (Å²) in [6.07, 6.45) is 1.07. The maximum Gasteiger partial charge on any atom is 0.236 e. The molecule has 9 heavy (non-hydrogen) atoms. The van der Waals surface area contributed by atoms with Gasteiger partial charge in [-0.3, -0.25) is 0 Å². The van der Waals surface area contributed by atoms with Crippen LogP contribution in [0.5, 0.6) is 0 Å². The molecule has 0 atom stereocenters. The molecule has 0 saturated carbocycles. The van der Waals surface area contributed by atoms with Crippen LogP contribution in [0.25, 0.3) is 0 Å². The molecule has 1 heterocycles. The smallest absolute Gasteiger partial charge is 0.195 e. The van der Waals surface area contributed by atoms with Crippen LogP contribution in [0.4, 0.5) is 0 Å². The summed E-state index contributed by atoms with van der Waals surface area (Å²) in [7, 11) is 0. The summed E-state index contributed by atoms with van der Waals surface area (Å²) in [5, 5.41) is 0. The predicted octanol–water partition coefficient (Wildman–Crippen LogP) is 2.10. The molecule has 0 aromatic heterocycles. The Labute approximate surface area is 56.1 Å². The Morgan fingerprint density at radius 2 is 1.78 bits per heavy atom. The molecule has 0 unspecified atom stereocenters. The topological polar surface area (TPSA) is 25.1 Å². The molecule has 1 rings (SSSR count). The first kappa shape index (κ1) is 7.03. The van der Waals surface area contributed by atoms with Gasteiger partial charge in [-0.15, -0.1) is 0 Å². The Bertz CT molecular complexity index is 114. The molecule has 1 saturated heterocycles. The van der Waals surface area contributed by atoms with Gasteiger partial charge in [-0.05, 0) is 13.3 Å². The minimum Gasteiger partial charge on any atom is -0.195 e. The Morgan fingerprint density at radius 3 is 1.89 bits per heavy atom. The van der Waals surface area contributed by atoms with Gasteiger partial charge in [0.25, 0.3) is 0 Å². The van der Waals surface area contributed by atoms with Crippen molar-refractivity contribution in [1.82, 2.24) is 0 Å². The summed E-state index contributed by atoms with van der Waals surface area (Å²) in [6, 6.07) is 0. The minimum absolute atomic E-state index is 0.146. The highest BCUT2D eigenvalue weighted by molar-refractivity contribution is 4.85. The van der Waals surface area contributed by atoms with E-state index in [1.54, 1.807) is 0 Å². The van der Waals surface area contributed by atoms with E-state index in [1.165, 1.54) is 0 Å². The summed E-state index contributed by atoms with van der Waals surface area (Å²) in [5.74, 6) is -0.304. The average Bonchev–Trinajstić information content (AvgIpc) is 2.49. The van der Waals surface area contributed by atoms with Crippen LogP contribution >= 0.6 is 0 Å². The van der Waals surface area contributed by atoms with Crippen LogP contribution in [-0.4, -0.2) is 5.79 Å². The molecule has 0 N–H and O–H groups in total. The predicted molar refractivity (Wildman–Crippen MR) is 34.6 cm³/mol. The third-order valence-corrected chi connectivity index (χ3v) is 2.45. The first-order valence-electron chi connectivity index (χ1n) is 3.39. The van der Waals surface area contributed by atoms with E-state index < -0.39 is 0 Å². The van der Waals surface area contributed by atoms with E-state index in [0.717, 1.165) is 6.42 Å². The second-order valence-corrected chi connectivity index (χ2v) is 3.35. The normalized spacial score (nSPS) is 24.0. The lowest BCUT2D eigenvalue weighted by atomic mass is 9.83. The highest BCUT2D eigenvalue weighted by Crippen LogP contribution is 2.47. The standard InChI is InChI=1S/C7H14O2/c1-5-6(2,3)7(4)8-9-7/h5H2,1-4H3. The fourth-order valence-corrected chi connectivity index (χ4v) is 0.609. The van der Waals surface area contributed by atoms with Gasteiger partial charge < -0.3 is 0 Å². The summed E-state index contributed by atoms with van der Waals surface area (Å²) in [4.78, 5) is 9.70. The first-order valence-corrected chi connectivity index (χ1v) is 3.39. The molecular formula is C7H14O2. The van der Waals surface area contributed by atoms with Crippen molar-refractivity contribution in [2.24, 2.45) is 5.41 Å². The van der Waals surface area contributed by atoms with E-state index in [4.69, 9.17) is 9.78 Å². The Balaban J connectivity index is 2.58. The molecule has 1 fully saturated rings. The van der Waals surface area contributed by atoms with Crippen molar-refractivity contribution in [3.63, 3.8) is 0 Å². The van der Waals surface area contributed by atoms with Crippen LogP contribution in [0.2, 0.25) is 0 Å². The molecule has 0 aliphatic carbocycles. The highest BCUT2D eigenvalue weighted by atomic mass is 17.4. The van der Waals surface area contributed by atoms with Crippen molar-refractivity contribution >= 4 is 0 Å². The third kappa shape index (κ3) is 0.970. The largest absolute Gasteiger partial charge is 0.236 e. The Kier molecular flexibility index (Phi) is 1.33. The lowest BCUT2D eigenvalue weighted by Crippen LogP contribution is -2.28. The van der Waals surface area contributed by atoms with Crippen LogP contribution in [0.1, 0.15) is 34.1 Å². The molecule has 0 bridgehead atoms. The van der Waals surface area contributed by atoms with E-state index in [0.29, 0.717) is 0 Å². The molecule has 54 valence electrons. The second-order valence-electron chi connectivity index (χ2n) is 3.35. The van der Waals surface area contributed by atoms with Crippen molar-refractivity contribution in [3.8, 4) is 0 Å². The number of rotatable bonds is 2. The zero-order valence-corrected chi connectivity index (χ0v) is 6.52. The maximum atomic E-state index is 4.85. The molecule has 0 aromatic rings. The van der Waals surface area contributed by atoms with Crippen LogP contribution in [0.15, 0.2) is 0 Å².